The molecule has 1 aromatic carbocycles. The number of carboxylic acids is 1. The van der Waals surface area contributed by atoms with Crippen molar-refractivity contribution in [3.05, 3.63) is 59.9 Å². The van der Waals surface area contributed by atoms with Gasteiger partial charge in [0, 0.05) is 11.8 Å². The zero-order valence-electron chi connectivity index (χ0n) is 13.6. The second-order valence-electron chi connectivity index (χ2n) is 4.91. The van der Waals surface area contributed by atoms with Crippen LogP contribution in [0, 0.1) is 0 Å². The van der Waals surface area contributed by atoms with Gasteiger partial charge < -0.3 is 15.2 Å². The molecule has 0 radical (unpaired) electrons. The fraction of sp³-hybridized carbons (Fsp3) is 0.118. The van der Waals surface area contributed by atoms with Crippen molar-refractivity contribution in [3.63, 3.8) is 0 Å². The number of nitrogens with one attached hydrogen (secondary N) is 2. The molecule has 0 unspecified atom stereocenters. The normalized spacial score (nSPS) is 10.3. The predicted molar refractivity (Wildman–Crippen MR) is 91.9 cm³/mol. The van der Waals surface area contributed by atoms with Crippen molar-refractivity contribution in [1.29, 1.82) is 0 Å². The predicted octanol–water partition coefficient (Wildman–Crippen LogP) is 0.425. The van der Waals surface area contributed by atoms with E-state index in [1.165, 1.54) is 18.5 Å². The second-order valence-corrected chi connectivity index (χ2v) is 4.91. The third-order valence-electron chi connectivity index (χ3n) is 2.97. The van der Waals surface area contributed by atoms with E-state index in [0.29, 0.717) is 11.3 Å². The Morgan fingerprint density at radius 1 is 1.15 bits per heavy atom. The molecular formula is C17H16N4O5. The van der Waals surface area contributed by atoms with Crippen LogP contribution in [0.1, 0.15) is 16.1 Å². The summed E-state index contributed by atoms with van der Waals surface area (Å²) in [6.45, 7) is -0.763. The van der Waals surface area contributed by atoms with Crippen molar-refractivity contribution < 1.29 is 24.2 Å². The fourth-order valence-corrected chi connectivity index (χ4v) is 1.82. The zero-order chi connectivity index (χ0) is 18.8. The molecule has 9 nitrogen and oxygen atoms in total. The van der Waals surface area contributed by atoms with Crippen LogP contribution in [0.2, 0.25) is 0 Å². The summed E-state index contributed by atoms with van der Waals surface area (Å²) in [7, 11) is 0. The van der Waals surface area contributed by atoms with Crippen LogP contribution in [0.5, 0.6) is 5.75 Å². The summed E-state index contributed by atoms with van der Waals surface area (Å²) in [5, 5.41) is 14.8. The van der Waals surface area contributed by atoms with Gasteiger partial charge in [0.05, 0.1) is 12.8 Å². The molecule has 0 fully saturated rings. The first-order valence-electron chi connectivity index (χ1n) is 7.51. The Balaban J connectivity index is 1.83. The Labute approximate surface area is 148 Å². The Bertz CT molecular complexity index is 808. The number of ether oxygens (including phenoxy) is 1. The van der Waals surface area contributed by atoms with Gasteiger partial charge in [0.25, 0.3) is 11.8 Å². The minimum atomic E-state index is -1.10. The maximum Gasteiger partial charge on any atom is 0.341 e. The lowest BCUT2D eigenvalue weighted by atomic mass is 10.2. The van der Waals surface area contributed by atoms with E-state index in [1.807, 2.05) is 0 Å². The summed E-state index contributed by atoms with van der Waals surface area (Å²) in [5.41, 5.74) is 2.95. The van der Waals surface area contributed by atoms with Gasteiger partial charge >= 0.3 is 5.97 Å². The van der Waals surface area contributed by atoms with Crippen molar-refractivity contribution in [2.75, 3.05) is 13.2 Å². The minimum absolute atomic E-state index is 0.202. The number of hydrogen-bond acceptors (Lipinski definition) is 6. The molecule has 2 aromatic rings. The van der Waals surface area contributed by atoms with Crippen molar-refractivity contribution >= 4 is 24.0 Å². The van der Waals surface area contributed by atoms with Crippen molar-refractivity contribution in [1.82, 2.24) is 15.7 Å². The quantitative estimate of drug-likeness (QED) is 0.464. The lowest BCUT2D eigenvalue weighted by molar-refractivity contribution is -0.139. The summed E-state index contributed by atoms with van der Waals surface area (Å²) in [5.74, 6) is -1.79. The number of rotatable bonds is 8. The highest BCUT2D eigenvalue weighted by molar-refractivity contribution is 5.95. The van der Waals surface area contributed by atoms with Crippen LogP contribution in [0.3, 0.4) is 0 Å². The van der Waals surface area contributed by atoms with Crippen LogP contribution in [-0.2, 0) is 9.59 Å². The van der Waals surface area contributed by atoms with Crippen molar-refractivity contribution in [2.45, 2.75) is 0 Å². The van der Waals surface area contributed by atoms with E-state index in [-0.39, 0.29) is 12.2 Å². The number of pyridine rings is 1. The number of aliphatic carboxylic acids is 1. The molecule has 3 N–H and O–H groups in total. The molecule has 0 aliphatic rings. The molecule has 2 amide bonds. The van der Waals surface area contributed by atoms with Gasteiger partial charge in [-0.05, 0) is 24.3 Å². The molecule has 0 bridgehead atoms. The van der Waals surface area contributed by atoms with Crippen molar-refractivity contribution in [2.24, 2.45) is 5.10 Å². The average molecular weight is 356 g/mol. The van der Waals surface area contributed by atoms with E-state index >= 15 is 0 Å². The Hall–Kier alpha value is -3.75. The maximum absolute atomic E-state index is 11.8. The van der Waals surface area contributed by atoms with E-state index < -0.39 is 24.4 Å². The molecule has 0 spiro atoms. The van der Waals surface area contributed by atoms with E-state index in [2.05, 4.69) is 20.8 Å². The number of carboxylic acid groups (broad SMARTS) is 1. The van der Waals surface area contributed by atoms with Crippen LogP contribution in [0.4, 0.5) is 0 Å². The molecule has 0 aliphatic heterocycles. The number of carbonyl (C=O) groups excluding carboxylic acids is 2. The van der Waals surface area contributed by atoms with E-state index in [4.69, 9.17) is 9.84 Å². The van der Waals surface area contributed by atoms with Gasteiger partial charge in [-0.1, -0.05) is 18.2 Å². The molecular weight excluding hydrogens is 340 g/mol. The molecule has 1 aromatic heterocycles. The molecule has 0 saturated carbocycles. The van der Waals surface area contributed by atoms with Gasteiger partial charge in [-0.2, -0.15) is 5.10 Å². The number of hydrazone groups is 1. The lowest BCUT2D eigenvalue weighted by Gasteiger charge is -2.06. The highest BCUT2D eigenvalue weighted by Crippen LogP contribution is 2.15. The van der Waals surface area contributed by atoms with E-state index in [0.717, 1.165) is 0 Å². The van der Waals surface area contributed by atoms with Gasteiger partial charge in [0.2, 0.25) is 0 Å². The number of para-hydroxylation sites is 1. The smallest absolute Gasteiger partial charge is 0.341 e. The first kappa shape index (κ1) is 18.6. The average Bonchev–Trinajstić information content (AvgIpc) is 2.66. The minimum Gasteiger partial charge on any atom is -0.481 e. The Morgan fingerprint density at radius 3 is 2.65 bits per heavy atom. The largest absolute Gasteiger partial charge is 0.481 e. The Kier molecular flexibility index (Phi) is 6.81. The number of aromatic nitrogens is 1. The first-order valence-corrected chi connectivity index (χ1v) is 7.51. The number of hydrogen-bond donors (Lipinski definition) is 3. The van der Waals surface area contributed by atoms with Crippen molar-refractivity contribution in [3.8, 4) is 5.75 Å². The number of carbonyl (C=O) groups is 3. The third kappa shape index (κ3) is 6.04. The van der Waals surface area contributed by atoms with Crippen LogP contribution < -0.4 is 15.5 Å². The number of benzene rings is 1. The highest BCUT2D eigenvalue weighted by atomic mass is 16.5. The summed E-state index contributed by atoms with van der Waals surface area (Å²) in [6.07, 6.45) is 2.79. The summed E-state index contributed by atoms with van der Waals surface area (Å²) in [4.78, 5) is 37.9. The lowest BCUT2D eigenvalue weighted by Crippen LogP contribution is -2.35. The fourth-order valence-electron chi connectivity index (χ4n) is 1.82. The molecule has 134 valence electrons. The number of amides is 2. The van der Waals surface area contributed by atoms with Crippen LogP contribution in [0.15, 0.2) is 53.8 Å². The third-order valence-corrected chi connectivity index (χ3v) is 2.97. The van der Waals surface area contributed by atoms with Gasteiger partial charge in [0.1, 0.15) is 11.4 Å². The summed E-state index contributed by atoms with van der Waals surface area (Å²) >= 11 is 0. The van der Waals surface area contributed by atoms with Crippen LogP contribution in [0.25, 0.3) is 0 Å². The SMILES string of the molecule is O=C(O)COc1ccccc1/C=N/NC(=O)CNC(=O)c1ccccn1. The van der Waals surface area contributed by atoms with Gasteiger partial charge in [-0.25, -0.2) is 10.2 Å². The first-order chi connectivity index (χ1) is 12.6. The molecule has 2 rings (SSSR count). The summed E-state index contributed by atoms with van der Waals surface area (Å²) in [6, 6.07) is 11.5. The zero-order valence-corrected chi connectivity index (χ0v) is 13.6. The molecule has 1 heterocycles. The molecule has 9 heteroatoms. The molecule has 0 aliphatic carbocycles. The molecule has 0 atom stereocenters. The van der Waals surface area contributed by atoms with Gasteiger partial charge in [-0.15, -0.1) is 0 Å². The highest BCUT2D eigenvalue weighted by Gasteiger charge is 2.08. The topological polar surface area (TPSA) is 130 Å². The number of nitrogens with zero attached hydrogens (tertiary/aromatic N) is 2. The van der Waals surface area contributed by atoms with E-state index in [1.54, 1.807) is 36.4 Å². The van der Waals surface area contributed by atoms with E-state index in [9.17, 15) is 14.4 Å². The van der Waals surface area contributed by atoms with Gasteiger partial charge in [0.15, 0.2) is 6.61 Å². The maximum atomic E-state index is 11.8. The standard InChI is InChI=1S/C17H16N4O5/c22-15(10-19-17(25)13-6-3-4-8-18-13)21-20-9-12-5-1-2-7-14(12)26-11-16(23)24/h1-9H,10-11H2,(H,19,25)(H,21,22)(H,23,24)/b20-9+. The summed E-state index contributed by atoms with van der Waals surface area (Å²) < 4.78 is 5.12. The Morgan fingerprint density at radius 2 is 1.92 bits per heavy atom. The van der Waals surface area contributed by atoms with Crippen LogP contribution >= 0.6 is 0 Å². The molecule has 0 saturated heterocycles. The van der Waals surface area contributed by atoms with Crippen LogP contribution in [-0.4, -0.2) is 47.2 Å². The second kappa shape index (κ2) is 9.52. The monoisotopic (exact) mass is 356 g/mol. The molecule has 26 heavy (non-hydrogen) atoms. The van der Waals surface area contributed by atoms with Gasteiger partial charge in [-0.3, -0.25) is 14.6 Å².